The van der Waals surface area contributed by atoms with Crippen LogP contribution in [0.4, 0.5) is 5.82 Å². The third kappa shape index (κ3) is 4.96. The molecule has 0 amide bonds. The van der Waals surface area contributed by atoms with Crippen LogP contribution < -0.4 is 10.2 Å². The second kappa shape index (κ2) is 8.74. The van der Waals surface area contributed by atoms with Gasteiger partial charge in [0.05, 0.1) is 0 Å². The van der Waals surface area contributed by atoms with Crippen molar-refractivity contribution < 1.29 is 0 Å². The number of nitrogens with one attached hydrogen (secondary N) is 1. The van der Waals surface area contributed by atoms with Gasteiger partial charge in [-0.05, 0) is 53.7 Å². The molecular formula is C17H28BrN3. The fourth-order valence-electron chi connectivity index (χ4n) is 3.13. The molecule has 1 aliphatic heterocycles. The van der Waals surface area contributed by atoms with Crippen LogP contribution in [0.1, 0.15) is 51.5 Å². The average Bonchev–Trinajstić information content (AvgIpc) is 2.49. The maximum absolute atomic E-state index is 4.69. The van der Waals surface area contributed by atoms with Crippen molar-refractivity contribution >= 4 is 21.7 Å². The molecule has 0 unspecified atom stereocenters. The van der Waals surface area contributed by atoms with Crippen LogP contribution in [0.5, 0.6) is 0 Å². The second-order valence-electron chi connectivity index (χ2n) is 6.03. The number of hydrogen-bond acceptors (Lipinski definition) is 3. The number of rotatable bonds is 7. The highest BCUT2D eigenvalue weighted by Gasteiger charge is 2.21. The molecule has 1 aromatic rings. The molecule has 1 N–H and O–H groups in total. The lowest BCUT2D eigenvalue weighted by molar-refractivity contribution is 0.377. The van der Waals surface area contributed by atoms with Gasteiger partial charge in [0.25, 0.3) is 0 Å². The minimum atomic E-state index is 0.907. The van der Waals surface area contributed by atoms with Gasteiger partial charge >= 0.3 is 0 Å². The van der Waals surface area contributed by atoms with E-state index in [4.69, 9.17) is 4.98 Å². The number of piperidine rings is 1. The van der Waals surface area contributed by atoms with Gasteiger partial charge in [0.1, 0.15) is 5.82 Å². The first-order valence-electron chi connectivity index (χ1n) is 8.34. The Kier molecular flexibility index (Phi) is 6.97. The first kappa shape index (κ1) is 16.8. The van der Waals surface area contributed by atoms with Gasteiger partial charge in [-0.1, -0.05) is 26.7 Å². The van der Waals surface area contributed by atoms with Crippen LogP contribution in [-0.4, -0.2) is 24.6 Å². The number of nitrogens with zero attached hydrogens (tertiary/aromatic N) is 2. The van der Waals surface area contributed by atoms with Crippen molar-refractivity contribution in [3.8, 4) is 0 Å². The van der Waals surface area contributed by atoms with Gasteiger partial charge in [0, 0.05) is 35.9 Å². The van der Waals surface area contributed by atoms with Crippen LogP contribution in [-0.2, 0) is 6.54 Å². The lowest BCUT2D eigenvalue weighted by Gasteiger charge is -2.34. The Bertz CT molecular complexity index is 428. The molecule has 21 heavy (non-hydrogen) atoms. The molecule has 4 heteroatoms. The van der Waals surface area contributed by atoms with E-state index in [0.29, 0.717) is 0 Å². The number of anilines is 1. The van der Waals surface area contributed by atoms with Crippen molar-refractivity contribution in [2.75, 3.05) is 24.5 Å². The zero-order valence-electron chi connectivity index (χ0n) is 13.4. The minimum Gasteiger partial charge on any atom is -0.356 e. The van der Waals surface area contributed by atoms with Gasteiger partial charge in [-0.25, -0.2) is 4.98 Å². The van der Waals surface area contributed by atoms with E-state index in [0.717, 1.165) is 36.6 Å². The van der Waals surface area contributed by atoms with E-state index >= 15 is 0 Å². The van der Waals surface area contributed by atoms with Gasteiger partial charge in [-0.15, -0.1) is 0 Å². The highest BCUT2D eigenvalue weighted by Crippen LogP contribution is 2.28. The maximum atomic E-state index is 4.69. The summed E-state index contributed by atoms with van der Waals surface area (Å²) in [4.78, 5) is 7.16. The van der Waals surface area contributed by atoms with E-state index in [1.165, 1.54) is 43.5 Å². The van der Waals surface area contributed by atoms with E-state index < -0.39 is 0 Å². The fourth-order valence-corrected chi connectivity index (χ4v) is 3.51. The Morgan fingerprint density at radius 3 is 2.71 bits per heavy atom. The fraction of sp³-hybridized carbons (Fsp3) is 0.706. The molecule has 3 nitrogen and oxygen atoms in total. The number of hydrogen-bond donors (Lipinski definition) is 1. The number of halogens is 1. The van der Waals surface area contributed by atoms with Gasteiger partial charge in [-0.3, -0.25) is 0 Å². The van der Waals surface area contributed by atoms with Gasteiger partial charge in [0.15, 0.2) is 0 Å². The Hall–Kier alpha value is -0.610. The first-order chi connectivity index (χ1) is 10.2. The van der Waals surface area contributed by atoms with Crippen molar-refractivity contribution in [1.29, 1.82) is 0 Å². The van der Waals surface area contributed by atoms with Crippen molar-refractivity contribution in [1.82, 2.24) is 10.3 Å². The van der Waals surface area contributed by atoms with E-state index in [-0.39, 0.29) is 0 Å². The molecule has 1 aromatic heterocycles. The summed E-state index contributed by atoms with van der Waals surface area (Å²) in [7, 11) is 0. The van der Waals surface area contributed by atoms with Crippen LogP contribution >= 0.6 is 15.9 Å². The molecular weight excluding hydrogens is 326 g/mol. The standard InChI is InChI=1S/C17H28BrN3/c1-3-5-14-6-9-21(10-7-14)17-15(12-19-8-4-2)11-16(18)13-20-17/h11,13-14,19H,3-10,12H2,1-2H3. The normalized spacial score (nSPS) is 16.4. The SMILES string of the molecule is CCCNCc1cc(Br)cnc1N1CCC(CCC)CC1. The topological polar surface area (TPSA) is 28.2 Å². The third-order valence-electron chi connectivity index (χ3n) is 4.26. The summed E-state index contributed by atoms with van der Waals surface area (Å²) in [5.41, 5.74) is 1.31. The molecule has 2 rings (SSSR count). The monoisotopic (exact) mass is 353 g/mol. The van der Waals surface area contributed by atoms with Crippen LogP contribution in [0.2, 0.25) is 0 Å². The third-order valence-corrected chi connectivity index (χ3v) is 4.70. The summed E-state index contributed by atoms with van der Waals surface area (Å²) >= 11 is 3.55. The zero-order valence-corrected chi connectivity index (χ0v) is 15.0. The summed E-state index contributed by atoms with van der Waals surface area (Å²) in [5.74, 6) is 2.10. The summed E-state index contributed by atoms with van der Waals surface area (Å²) < 4.78 is 1.07. The minimum absolute atomic E-state index is 0.907. The van der Waals surface area contributed by atoms with Crippen LogP contribution in [0, 0.1) is 5.92 Å². The Labute approximate surface area is 137 Å². The van der Waals surface area contributed by atoms with E-state index in [9.17, 15) is 0 Å². The Morgan fingerprint density at radius 1 is 1.29 bits per heavy atom. The number of pyridine rings is 1. The quantitative estimate of drug-likeness (QED) is 0.738. The summed E-state index contributed by atoms with van der Waals surface area (Å²) in [6.07, 6.45) is 8.41. The van der Waals surface area contributed by atoms with Gasteiger partial charge in [0.2, 0.25) is 0 Å². The molecule has 0 spiro atoms. The molecule has 1 saturated heterocycles. The van der Waals surface area contributed by atoms with Crippen LogP contribution in [0.25, 0.3) is 0 Å². The van der Waals surface area contributed by atoms with Crippen LogP contribution in [0.3, 0.4) is 0 Å². The first-order valence-corrected chi connectivity index (χ1v) is 9.14. The predicted molar refractivity (Wildman–Crippen MR) is 93.8 cm³/mol. The summed E-state index contributed by atoms with van der Waals surface area (Å²) in [6, 6.07) is 2.21. The molecule has 0 atom stereocenters. The molecule has 0 radical (unpaired) electrons. The van der Waals surface area contributed by atoms with Crippen LogP contribution in [0.15, 0.2) is 16.7 Å². The smallest absolute Gasteiger partial charge is 0.133 e. The molecule has 0 aromatic carbocycles. The van der Waals surface area contributed by atoms with E-state index in [2.05, 4.69) is 46.1 Å². The Morgan fingerprint density at radius 2 is 2.05 bits per heavy atom. The van der Waals surface area contributed by atoms with Gasteiger partial charge in [-0.2, -0.15) is 0 Å². The largest absolute Gasteiger partial charge is 0.356 e. The second-order valence-corrected chi connectivity index (χ2v) is 6.95. The number of aromatic nitrogens is 1. The zero-order chi connectivity index (χ0) is 15.1. The molecule has 118 valence electrons. The van der Waals surface area contributed by atoms with Gasteiger partial charge < -0.3 is 10.2 Å². The summed E-state index contributed by atoms with van der Waals surface area (Å²) in [6.45, 7) is 8.76. The lowest BCUT2D eigenvalue weighted by atomic mass is 9.92. The molecule has 1 aliphatic rings. The molecule has 2 heterocycles. The highest BCUT2D eigenvalue weighted by atomic mass is 79.9. The summed E-state index contributed by atoms with van der Waals surface area (Å²) in [5, 5.41) is 3.50. The van der Waals surface area contributed by atoms with Crippen molar-refractivity contribution in [3.63, 3.8) is 0 Å². The van der Waals surface area contributed by atoms with E-state index in [1.54, 1.807) is 0 Å². The van der Waals surface area contributed by atoms with E-state index in [1.807, 2.05) is 6.20 Å². The van der Waals surface area contributed by atoms with Crippen molar-refractivity contribution in [2.24, 2.45) is 5.92 Å². The highest BCUT2D eigenvalue weighted by molar-refractivity contribution is 9.10. The molecule has 1 fully saturated rings. The molecule has 0 aliphatic carbocycles. The van der Waals surface area contributed by atoms with Crippen molar-refractivity contribution in [3.05, 3.63) is 22.3 Å². The molecule has 0 bridgehead atoms. The average molecular weight is 354 g/mol. The predicted octanol–water partition coefficient (Wildman–Crippen LogP) is 4.36. The van der Waals surface area contributed by atoms with Crippen molar-refractivity contribution in [2.45, 2.75) is 52.5 Å². The Balaban J connectivity index is 2.01. The maximum Gasteiger partial charge on any atom is 0.133 e. The molecule has 0 saturated carbocycles. The lowest BCUT2D eigenvalue weighted by Crippen LogP contribution is -2.35.